The molecule has 0 aromatic heterocycles. The van der Waals surface area contributed by atoms with Gasteiger partial charge in [-0.15, -0.1) is 0 Å². The van der Waals surface area contributed by atoms with Gasteiger partial charge < -0.3 is 5.32 Å². The van der Waals surface area contributed by atoms with Crippen molar-refractivity contribution in [1.29, 1.82) is 0 Å². The number of rotatable bonds is 5. The first kappa shape index (κ1) is 10.9. The molecule has 1 aliphatic rings. The Hall–Kier alpha value is -0.180. The van der Waals surface area contributed by atoms with Gasteiger partial charge in [0.05, 0.1) is 0 Å². The number of thioether (sulfide) groups is 1. The molecule has 0 aromatic carbocycles. The molecule has 0 aromatic rings. The van der Waals surface area contributed by atoms with Crippen molar-refractivity contribution in [3.8, 4) is 0 Å². The Morgan fingerprint density at radius 2 is 2.23 bits per heavy atom. The third-order valence-electron chi connectivity index (χ3n) is 2.78. The summed E-state index contributed by atoms with van der Waals surface area (Å²) in [5.41, 5.74) is 0. The van der Waals surface area contributed by atoms with Crippen molar-refractivity contribution in [2.24, 2.45) is 0 Å². The van der Waals surface area contributed by atoms with Crippen molar-refractivity contribution in [3.05, 3.63) is 0 Å². The van der Waals surface area contributed by atoms with E-state index >= 15 is 0 Å². The summed E-state index contributed by atoms with van der Waals surface area (Å²) < 4.78 is 0.378. The predicted molar refractivity (Wildman–Crippen MR) is 58.0 cm³/mol. The SMILES string of the molecule is CCCC(=O)NCC1(SC)CCC1. The zero-order valence-electron chi connectivity index (χ0n) is 8.56. The highest BCUT2D eigenvalue weighted by atomic mass is 32.2. The van der Waals surface area contributed by atoms with E-state index in [2.05, 4.69) is 11.6 Å². The second kappa shape index (κ2) is 4.89. The van der Waals surface area contributed by atoms with E-state index in [1.165, 1.54) is 19.3 Å². The summed E-state index contributed by atoms with van der Waals surface area (Å²) in [7, 11) is 0. The first-order valence-corrected chi connectivity index (χ1v) is 6.27. The third-order valence-corrected chi connectivity index (χ3v) is 4.20. The smallest absolute Gasteiger partial charge is 0.220 e. The Morgan fingerprint density at radius 1 is 1.54 bits per heavy atom. The van der Waals surface area contributed by atoms with E-state index in [0.717, 1.165) is 13.0 Å². The molecule has 0 spiro atoms. The molecule has 1 rings (SSSR count). The molecule has 0 atom stereocenters. The van der Waals surface area contributed by atoms with Crippen LogP contribution in [0.3, 0.4) is 0 Å². The Labute approximate surface area is 84.9 Å². The minimum Gasteiger partial charge on any atom is -0.355 e. The Kier molecular flexibility index (Phi) is 4.10. The average Bonchev–Trinajstić information content (AvgIpc) is 2.04. The fourth-order valence-electron chi connectivity index (χ4n) is 1.60. The van der Waals surface area contributed by atoms with Gasteiger partial charge in [0.2, 0.25) is 5.91 Å². The monoisotopic (exact) mass is 201 g/mol. The zero-order chi connectivity index (χ0) is 9.73. The summed E-state index contributed by atoms with van der Waals surface area (Å²) in [6, 6.07) is 0. The third kappa shape index (κ3) is 2.90. The molecule has 0 unspecified atom stereocenters. The number of hydrogen-bond acceptors (Lipinski definition) is 2. The van der Waals surface area contributed by atoms with E-state index in [1.807, 2.05) is 18.7 Å². The molecule has 2 nitrogen and oxygen atoms in total. The van der Waals surface area contributed by atoms with Gasteiger partial charge in [0.1, 0.15) is 0 Å². The van der Waals surface area contributed by atoms with E-state index < -0.39 is 0 Å². The Balaban J connectivity index is 2.20. The van der Waals surface area contributed by atoms with Crippen molar-refractivity contribution >= 4 is 17.7 Å². The molecule has 1 aliphatic carbocycles. The van der Waals surface area contributed by atoms with Crippen LogP contribution in [0, 0.1) is 0 Å². The van der Waals surface area contributed by atoms with E-state index in [0.29, 0.717) is 11.2 Å². The molecule has 0 bridgehead atoms. The van der Waals surface area contributed by atoms with Crippen molar-refractivity contribution in [1.82, 2.24) is 5.32 Å². The van der Waals surface area contributed by atoms with Gasteiger partial charge in [-0.25, -0.2) is 0 Å². The normalized spacial score (nSPS) is 19.2. The van der Waals surface area contributed by atoms with Crippen LogP contribution < -0.4 is 5.32 Å². The van der Waals surface area contributed by atoms with Gasteiger partial charge in [0, 0.05) is 17.7 Å². The van der Waals surface area contributed by atoms with Crippen LogP contribution in [0.1, 0.15) is 39.0 Å². The molecule has 1 N–H and O–H groups in total. The summed E-state index contributed by atoms with van der Waals surface area (Å²) in [4.78, 5) is 11.2. The lowest BCUT2D eigenvalue weighted by Crippen LogP contribution is -2.45. The van der Waals surface area contributed by atoms with Gasteiger partial charge >= 0.3 is 0 Å². The summed E-state index contributed by atoms with van der Waals surface area (Å²) in [6.07, 6.45) is 7.61. The molecule has 0 radical (unpaired) electrons. The van der Waals surface area contributed by atoms with Crippen molar-refractivity contribution in [2.75, 3.05) is 12.8 Å². The first-order chi connectivity index (χ1) is 6.22. The van der Waals surface area contributed by atoms with Gasteiger partial charge in [0.15, 0.2) is 0 Å². The molecular weight excluding hydrogens is 182 g/mol. The van der Waals surface area contributed by atoms with Gasteiger partial charge in [-0.2, -0.15) is 11.8 Å². The number of carbonyl (C=O) groups excluding carboxylic acids is 1. The number of carbonyl (C=O) groups is 1. The molecule has 3 heteroatoms. The molecule has 1 fully saturated rings. The highest BCUT2D eigenvalue weighted by molar-refractivity contribution is 8.00. The molecule has 0 saturated heterocycles. The van der Waals surface area contributed by atoms with Gasteiger partial charge in [0.25, 0.3) is 0 Å². The fourth-order valence-corrected chi connectivity index (χ4v) is 2.51. The quantitative estimate of drug-likeness (QED) is 0.738. The molecule has 1 amide bonds. The molecule has 1 saturated carbocycles. The summed E-state index contributed by atoms with van der Waals surface area (Å²) in [5, 5.41) is 3.02. The Morgan fingerprint density at radius 3 is 2.62 bits per heavy atom. The summed E-state index contributed by atoms with van der Waals surface area (Å²) in [6.45, 7) is 2.90. The molecular formula is C10H19NOS. The summed E-state index contributed by atoms with van der Waals surface area (Å²) in [5.74, 6) is 0.211. The standard InChI is InChI=1S/C10H19NOS/c1-3-5-9(12)11-8-10(13-2)6-4-7-10/h3-8H2,1-2H3,(H,11,12). The molecule has 76 valence electrons. The highest BCUT2D eigenvalue weighted by Crippen LogP contribution is 2.42. The van der Waals surface area contributed by atoms with Crippen molar-refractivity contribution in [2.45, 2.75) is 43.8 Å². The van der Waals surface area contributed by atoms with Crippen LogP contribution in [-0.4, -0.2) is 23.5 Å². The zero-order valence-corrected chi connectivity index (χ0v) is 9.38. The maximum Gasteiger partial charge on any atom is 0.220 e. The number of hydrogen-bond donors (Lipinski definition) is 1. The van der Waals surface area contributed by atoms with Crippen LogP contribution in [0.2, 0.25) is 0 Å². The second-order valence-electron chi connectivity index (χ2n) is 3.77. The number of nitrogens with one attached hydrogen (secondary N) is 1. The lowest BCUT2D eigenvalue weighted by atomic mass is 9.84. The van der Waals surface area contributed by atoms with Crippen LogP contribution in [-0.2, 0) is 4.79 Å². The van der Waals surface area contributed by atoms with Crippen LogP contribution in [0.5, 0.6) is 0 Å². The van der Waals surface area contributed by atoms with E-state index in [9.17, 15) is 4.79 Å². The van der Waals surface area contributed by atoms with E-state index in [1.54, 1.807) is 0 Å². The second-order valence-corrected chi connectivity index (χ2v) is 5.04. The minimum atomic E-state index is 0.211. The molecule has 13 heavy (non-hydrogen) atoms. The van der Waals surface area contributed by atoms with Crippen molar-refractivity contribution < 1.29 is 4.79 Å². The maximum absolute atomic E-state index is 11.2. The van der Waals surface area contributed by atoms with Crippen LogP contribution in [0.25, 0.3) is 0 Å². The fraction of sp³-hybridized carbons (Fsp3) is 0.900. The largest absolute Gasteiger partial charge is 0.355 e. The molecule has 0 heterocycles. The lowest BCUT2D eigenvalue weighted by Gasteiger charge is -2.40. The first-order valence-electron chi connectivity index (χ1n) is 5.04. The minimum absolute atomic E-state index is 0.211. The highest BCUT2D eigenvalue weighted by Gasteiger charge is 2.36. The number of amides is 1. The molecule has 0 aliphatic heterocycles. The van der Waals surface area contributed by atoms with Crippen LogP contribution in [0.4, 0.5) is 0 Å². The summed E-state index contributed by atoms with van der Waals surface area (Å²) >= 11 is 1.90. The van der Waals surface area contributed by atoms with Gasteiger partial charge in [-0.3, -0.25) is 4.79 Å². The van der Waals surface area contributed by atoms with E-state index in [4.69, 9.17) is 0 Å². The average molecular weight is 201 g/mol. The van der Waals surface area contributed by atoms with E-state index in [-0.39, 0.29) is 5.91 Å². The topological polar surface area (TPSA) is 29.1 Å². The maximum atomic E-state index is 11.2. The Bertz CT molecular complexity index is 172. The van der Waals surface area contributed by atoms with Crippen LogP contribution >= 0.6 is 11.8 Å². The van der Waals surface area contributed by atoms with Gasteiger partial charge in [-0.05, 0) is 25.5 Å². The lowest BCUT2D eigenvalue weighted by molar-refractivity contribution is -0.121. The van der Waals surface area contributed by atoms with Gasteiger partial charge in [-0.1, -0.05) is 13.3 Å². The van der Waals surface area contributed by atoms with Crippen molar-refractivity contribution in [3.63, 3.8) is 0 Å². The van der Waals surface area contributed by atoms with Crippen LogP contribution in [0.15, 0.2) is 0 Å². The predicted octanol–water partition coefficient (Wildman–Crippen LogP) is 2.19.